The summed E-state index contributed by atoms with van der Waals surface area (Å²) in [6.07, 6.45) is 2.43. The first-order chi connectivity index (χ1) is 10.9. The van der Waals surface area contributed by atoms with Gasteiger partial charge in [-0.15, -0.1) is 0 Å². The summed E-state index contributed by atoms with van der Waals surface area (Å²) in [5.41, 5.74) is 0. The van der Waals surface area contributed by atoms with Gasteiger partial charge >= 0.3 is 9.29 Å². The first kappa shape index (κ1) is 26.8. The minimum absolute atomic E-state index is 0.223. The Kier molecular flexibility index (Phi) is 15.4. The Bertz CT molecular complexity index is 394. The molecule has 0 aromatic rings. The average Bonchev–Trinajstić information content (AvgIpc) is 2.41. The lowest BCUT2D eigenvalue weighted by Crippen LogP contribution is -2.45. The molecule has 142 valence electrons. The van der Waals surface area contributed by atoms with Crippen LogP contribution in [0.3, 0.4) is 0 Å². The second-order valence-electron chi connectivity index (χ2n) is 7.82. The molecule has 5 nitrogen and oxygen atoms in total. The summed E-state index contributed by atoms with van der Waals surface area (Å²) in [5, 5.41) is 0.223. The summed E-state index contributed by atoms with van der Waals surface area (Å²) in [4.78, 5) is 0. The second-order valence-corrected chi connectivity index (χ2v) is 30.5. The summed E-state index contributed by atoms with van der Waals surface area (Å²) < 4.78 is 39.8. The van der Waals surface area contributed by atoms with Crippen molar-refractivity contribution >= 4 is 51.7 Å². The molecule has 0 spiro atoms. The van der Waals surface area contributed by atoms with Gasteiger partial charge in [0.05, 0.1) is 8.80 Å². The topological polar surface area (TPSA) is 69.7 Å². The molecule has 0 aliphatic carbocycles. The number of rotatable bonds is 3. The molecule has 1 aliphatic heterocycles. The molecule has 1 aliphatic rings. The SMILES string of the molecule is C[SiH](C)OC(C)(C)[SiH](C)C.C[Si]1(C)CCCCO[SiH2][Si]1=O.O=[Si]=O. The Labute approximate surface area is 157 Å². The lowest BCUT2D eigenvalue weighted by atomic mass is 10.4. The highest BCUT2D eigenvalue weighted by Gasteiger charge is 2.32. The zero-order valence-electron chi connectivity index (χ0n) is 16.7. The van der Waals surface area contributed by atoms with Gasteiger partial charge in [0.15, 0.2) is 9.04 Å². The van der Waals surface area contributed by atoms with Crippen LogP contribution in [0.2, 0.25) is 45.3 Å². The van der Waals surface area contributed by atoms with Crippen LogP contribution >= 0.6 is 0 Å². The van der Waals surface area contributed by atoms with Crippen molar-refractivity contribution in [3.05, 3.63) is 0 Å². The van der Waals surface area contributed by atoms with Crippen molar-refractivity contribution in [2.75, 3.05) is 6.61 Å². The van der Waals surface area contributed by atoms with Gasteiger partial charge in [0.2, 0.25) is 9.28 Å². The average molecular weight is 441 g/mol. The van der Waals surface area contributed by atoms with E-state index in [1.165, 1.54) is 18.9 Å². The maximum absolute atomic E-state index is 11.7. The van der Waals surface area contributed by atoms with Gasteiger partial charge in [-0.05, 0) is 33.4 Å². The van der Waals surface area contributed by atoms with E-state index < -0.39 is 51.7 Å². The molecular weight excluding hydrogens is 405 g/mol. The number of hydrogen-bond acceptors (Lipinski definition) is 5. The molecule has 11 heteroatoms. The van der Waals surface area contributed by atoms with Gasteiger partial charge in [-0.3, -0.25) is 8.92 Å². The standard InChI is InChI=1S/C7H20OSi2.C6H16O2Si3.O2Si/c1-7(2,9(3)4)8-10(5)6;1-11(2)6-4-3-5-8-9-10(11)7;1-3-2/h9-10H,1-6H3;3-6,9H2,1-2H3;. The van der Waals surface area contributed by atoms with E-state index >= 15 is 0 Å². The smallest absolute Gasteiger partial charge is 0.420 e. The molecule has 0 unspecified atom stereocenters. The van der Waals surface area contributed by atoms with Crippen molar-refractivity contribution < 1.29 is 22.2 Å². The Hall–Kier alpha value is 0.621. The molecule has 1 rings (SSSR count). The quantitative estimate of drug-likeness (QED) is 0.625. The van der Waals surface area contributed by atoms with Crippen LogP contribution in [-0.4, -0.2) is 63.6 Å². The Balaban J connectivity index is 0. The molecular formula is C13H36O5Si6. The minimum Gasteiger partial charge on any atom is -0.420 e. The van der Waals surface area contributed by atoms with Crippen LogP contribution in [-0.2, 0) is 22.2 Å². The predicted molar refractivity (Wildman–Crippen MR) is 113 cm³/mol. The van der Waals surface area contributed by atoms with Crippen molar-refractivity contribution in [1.29, 1.82) is 0 Å². The Morgan fingerprint density at radius 1 is 1.17 bits per heavy atom. The van der Waals surface area contributed by atoms with Crippen LogP contribution < -0.4 is 0 Å². The summed E-state index contributed by atoms with van der Waals surface area (Å²) in [5.74, 6) is 0. The Morgan fingerprint density at radius 3 is 2.04 bits per heavy atom. The van der Waals surface area contributed by atoms with Crippen LogP contribution in [0, 0.1) is 0 Å². The van der Waals surface area contributed by atoms with Gasteiger partial charge < -0.3 is 13.3 Å². The summed E-state index contributed by atoms with van der Waals surface area (Å²) in [6.45, 7) is 19.0. The van der Waals surface area contributed by atoms with Crippen LogP contribution in [0.15, 0.2) is 0 Å². The van der Waals surface area contributed by atoms with E-state index in [1.54, 1.807) is 0 Å². The van der Waals surface area contributed by atoms with Crippen molar-refractivity contribution in [2.24, 2.45) is 0 Å². The molecule has 1 heterocycles. The molecule has 0 saturated carbocycles. The number of hydrogen-bond donors (Lipinski definition) is 0. The predicted octanol–water partition coefficient (Wildman–Crippen LogP) is 1.76. The van der Waals surface area contributed by atoms with E-state index in [9.17, 15) is 4.46 Å². The molecule has 1 saturated heterocycles. The van der Waals surface area contributed by atoms with Gasteiger partial charge in [-0.2, -0.15) is 0 Å². The molecule has 0 atom stereocenters. The summed E-state index contributed by atoms with van der Waals surface area (Å²) >= 11 is 0. The molecule has 0 bridgehead atoms. The van der Waals surface area contributed by atoms with Crippen LogP contribution in [0.1, 0.15) is 26.7 Å². The lowest BCUT2D eigenvalue weighted by Gasteiger charge is -2.31. The van der Waals surface area contributed by atoms with Gasteiger partial charge in [-0.25, -0.2) is 0 Å². The van der Waals surface area contributed by atoms with E-state index in [0.717, 1.165) is 6.61 Å². The first-order valence-corrected chi connectivity index (χ1v) is 23.7. The third kappa shape index (κ3) is 13.9. The van der Waals surface area contributed by atoms with Crippen molar-refractivity contribution in [2.45, 2.75) is 77.2 Å². The fourth-order valence-corrected chi connectivity index (χ4v) is 17.0. The highest BCUT2D eigenvalue weighted by molar-refractivity contribution is 7.44. The normalized spacial score (nSPS) is 18.7. The van der Waals surface area contributed by atoms with Crippen molar-refractivity contribution in [3.8, 4) is 0 Å². The highest BCUT2D eigenvalue weighted by Crippen LogP contribution is 2.15. The van der Waals surface area contributed by atoms with Crippen molar-refractivity contribution in [3.63, 3.8) is 0 Å². The fraction of sp³-hybridized carbons (Fsp3) is 1.00. The third-order valence-corrected chi connectivity index (χ3v) is 29.0. The summed E-state index contributed by atoms with van der Waals surface area (Å²) in [7, 11) is -5.99. The first-order valence-electron chi connectivity index (χ1n) is 8.68. The van der Waals surface area contributed by atoms with E-state index in [0.29, 0.717) is 0 Å². The Morgan fingerprint density at radius 2 is 1.67 bits per heavy atom. The zero-order valence-corrected chi connectivity index (χ0v) is 23.5. The van der Waals surface area contributed by atoms with E-state index in [2.05, 4.69) is 53.1 Å². The minimum atomic E-state index is -1.42. The van der Waals surface area contributed by atoms with Crippen molar-refractivity contribution in [1.82, 2.24) is 0 Å². The van der Waals surface area contributed by atoms with E-state index in [-0.39, 0.29) is 5.22 Å². The van der Waals surface area contributed by atoms with E-state index in [1.807, 2.05) is 0 Å². The molecule has 0 radical (unpaired) electrons. The van der Waals surface area contributed by atoms with Gasteiger partial charge in [0.25, 0.3) is 7.72 Å². The molecule has 0 aromatic heterocycles. The maximum Gasteiger partial charge on any atom is 0.549 e. The molecule has 0 N–H and O–H groups in total. The van der Waals surface area contributed by atoms with Gasteiger partial charge in [0, 0.05) is 11.8 Å². The lowest BCUT2D eigenvalue weighted by molar-refractivity contribution is 0.193. The van der Waals surface area contributed by atoms with Gasteiger partial charge in [-0.1, -0.05) is 38.7 Å². The molecule has 24 heavy (non-hydrogen) atoms. The zero-order chi connectivity index (χ0) is 19.4. The highest BCUT2D eigenvalue weighted by atomic mass is 29.6. The van der Waals surface area contributed by atoms with Crippen LogP contribution in [0.25, 0.3) is 0 Å². The largest absolute Gasteiger partial charge is 0.549 e. The molecule has 1 fully saturated rings. The third-order valence-electron chi connectivity index (χ3n) is 4.26. The van der Waals surface area contributed by atoms with Crippen LogP contribution in [0.5, 0.6) is 0 Å². The molecule has 0 amide bonds. The summed E-state index contributed by atoms with van der Waals surface area (Å²) in [6, 6.07) is 1.27. The van der Waals surface area contributed by atoms with E-state index in [4.69, 9.17) is 17.8 Å². The van der Waals surface area contributed by atoms with Crippen LogP contribution in [0.4, 0.5) is 0 Å². The second kappa shape index (κ2) is 13.8. The fourth-order valence-electron chi connectivity index (χ4n) is 2.01. The molecule has 0 aromatic carbocycles. The monoisotopic (exact) mass is 440 g/mol. The maximum atomic E-state index is 11.7. The van der Waals surface area contributed by atoms with Gasteiger partial charge in [0.1, 0.15) is 7.59 Å².